The summed E-state index contributed by atoms with van der Waals surface area (Å²) in [6.07, 6.45) is -10.1. The topological polar surface area (TPSA) is 95.5 Å². The van der Waals surface area contributed by atoms with E-state index in [9.17, 15) is 49.1 Å². The Morgan fingerprint density at radius 3 is 2.15 bits per heavy atom. The van der Waals surface area contributed by atoms with Crippen LogP contribution in [-0.4, -0.2) is 31.2 Å². The molecule has 0 bridgehead atoms. The summed E-state index contributed by atoms with van der Waals surface area (Å²) < 4.78 is 116. The number of alkyl halides is 6. The largest absolute Gasteiger partial charge is 0.426 e. The zero-order valence-corrected chi connectivity index (χ0v) is 17.8. The fourth-order valence-corrected chi connectivity index (χ4v) is 3.59. The highest BCUT2D eigenvalue weighted by molar-refractivity contribution is 7.89. The Kier molecular flexibility index (Phi) is 7.38. The highest BCUT2D eigenvalue weighted by Gasteiger charge is 2.55. The molecule has 2 aromatic carbocycles. The van der Waals surface area contributed by atoms with Crippen LogP contribution in [0.25, 0.3) is 0 Å². The molecule has 0 aliphatic rings. The van der Waals surface area contributed by atoms with Crippen LogP contribution in [0.5, 0.6) is 0 Å². The molecular weight excluding hydrogens is 509 g/mol. The van der Waals surface area contributed by atoms with Crippen LogP contribution >= 0.6 is 11.6 Å². The minimum absolute atomic E-state index is 0.202. The second-order valence-corrected chi connectivity index (χ2v) is 8.97. The van der Waals surface area contributed by atoms with E-state index in [-0.39, 0.29) is 13.0 Å². The number of nitrogens with one attached hydrogen (secondary N) is 2. The SMILES string of the molecule is C[C@@](O)(C(=O)Nc1ccc(S(=O)(=O)NCc2ccc(C(F)(F)F)cc2F)cc1Cl)C(F)(F)F. The highest BCUT2D eigenvalue weighted by atomic mass is 35.5. The third-order valence-electron chi connectivity index (χ3n) is 4.33. The van der Waals surface area contributed by atoms with E-state index in [0.717, 1.165) is 24.3 Å². The van der Waals surface area contributed by atoms with Crippen LogP contribution in [0.15, 0.2) is 41.3 Å². The summed E-state index contributed by atoms with van der Waals surface area (Å²) in [7, 11) is -4.40. The van der Waals surface area contributed by atoms with E-state index in [4.69, 9.17) is 11.6 Å². The van der Waals surface area contributed by atoms with Gasteiger partial charge in [-0.2, -0.15) is 26.3 Å². The van der Waals surface area contributed by atoms with Crippen molar-refractivity contribution in [1.29, 1.82) is 0 Å². The molecule has 2 aromatic rings. The molecule has 3 N–H and O–H groups in total. The van der Waals surface area contributed by atoms with Gasteiger partial charge in [0.05, 0.1) is 21.2 Å². The van der Waals surface area contributed by atoms with Crippen LogP contribution < -0.4 is 10.0 Å². The molecule has 0 saturated heterocycles. The average Bonchev–Trinajstić information content (AvgIpc) is 2.66. The second kappa shape index (κ2) is 9.08. The maximum Gasteiger partial charge on any atom is 0.426 e. The van der Waals surface area contributed by atoms with Crippen LogP contribution in [0.4, 0.5) is 36.4 Å². The number of rotatable bonds is 6. The lowest BCUT2D eigenvalue weighted by Crippen LogP contribution is -2.52. The van der Waals surface area contributed by atoms with Gasteiger partial charge in [0.2, 0.25) is 15.6 Å². The van der Waals surface area contributed by atoms with Gasteiger partial charge in [0.25, 0.3) is 5.91 Å². The van der Waals surface area contributed by atoms with Gasteiger partial charge in [0.1, 0.15) is 5.82 Å². The quantitative estimate of drug-likeness (QED) is 0.495. The van der Waals surface area contributed by atoms with Gasteiger partial charge < -0.3 is 10.4 Å². The molecule has 0 unspecified atom stereocenters. The lowest BCUT2D eigenvalue weighted by molar-refractivity contribution is -0.242. The zero-order chi connectivity index (χ0) is 25.4. The van der Waals surface area contributed by atoms with Crippen molar-refractivity contribution in [3.8, 4) is 0 Å². The first-order valence-corrected chi connectivity index (χ1v) is 10.5. The van der Waals surface area contributed by atoms with Crippen LogP contribution in [0.3, 0.4) is 0 Å². The van der Waals surface area contributed by atoms with Crippen molar-refractivity contribution in [3.05, 3.63) is 58.4 Å². The number of carbonyl (C=O) groups is 1. The minimum atomic E-state index is -5.30. The van der Waals surface area contributed by atoms with E-state index in [2.05, 4.69) is 0 Å². The monoisotopic (exact) mass is 522 g/mol. The maximum atomic E-state index is 13.9. The van der Waals surface area contributed by atoms with Crippen molar-refractivity contribution in [3.63, 3.8) is 0 Å². The molecule has 0 aromatic heterocycles. The molecule has 33 heavy (non-hydrogen) atoms. The van der Waals surface area contributed by atoms with Crippen LogP contribution in [-0.2, 0) is 27.5 Å². The summed E-state index contributed by atoms with van der Waals surface area (Å²) in [6.45, 7) is -0.518. The molecule has 2 rings (SSSR count). The molecule has 0 fully saturated rings. The number of sulfonamides is 1. The first kappa shape index (κ1) is 26.8. The number of hydrogen-bond donors (Lipinski definition) is 3. The summed E-state index contributed by atoms with van der Waals surface area (Å²) in [5, 5.41) is 10.6. The lowest BCUT2D eigenvalue weighted by atomic mass is 10.1. The molecule has 1 amide bonds. The highest BCUT2D eigenvalue weighted by Crippen LogP contribution is 2.33. The number of anilines is 1. The predicted octanol–water partition coefficient (Wildman–Crippen LogP) is 4.23. The maximum absolute atomic E-state index is 13.9. The van der Waals surface area contributed by atoms with E-state index in [1.54, 1.807) is 5.32 Å². The van der Waals surface area contributed by atoms with Crippen molar-refractivity contribution in [2.24, 2.45) is 0 Å². The first-order valence-electron chi connectivity index (χ1n) is 8.61. The average molecular weight is 523 g/mol. The Morgan fingerprint density at radius 1 is 1.06 bits per heavy atom. The van der Waals surface area contributed by atoms with Crippen molar-refractivity contribution < 1.29 is 49.1 Å². The van der Waals surface area contributed by atoms with Crippen LogP contribution in [0.1, 0.15) is 18.1 Å². The normalized spacial score (nSPS) is 14.6. The van der Waals surface area contributed by atoms with Gasteiger partial charge in [-0.1, -0.05) is 17.7 Å². The smallest absolute Gasteiger partial charge is 0.373 e. The van der Waals surface area contributed by atoms with E-state index in [1.165, 1.54) is 0 Å². The van der Waals surface area contributed by atoms with E-state index >= 15 is 0 Å². The van der Waals surface area contributed by atoms with Crippen molar-refractivity contribution in [2.45, 2.75) is 36.3 Å². The van der Waals surface area contributed by atoms with Gasteiger partial charge in [0.15, 0.2) is 0 Å². The molecule has 15 heteroatoms. The van der Waals surface area contributed by atoms with E-state index in [1.807, 2.05) is 4.72 Å². The number of hydrogen-bond acceptors (Lipinski definition) is 4. The van der Waals surface area contributed by atoms with Gasteiger partial charge in [-0.05, 0) is 37.3 Å². The third-order valence-corrected chi connectivity index (χ3v) is 6.04. The van der Waals surface area contributed by atoms with Gasteiger partial charge in [-0.3, -0.25) is 4.79 Å². The summed E-state index contributed by atoms with van der Waals surface area (Å²) in [5.74, 6) is -3.18. The third kappa shape index (κ3) is 6.13. The van der Waals surface area contributed by atoms with Gasteiger partial charge >= 0.3 is 12.4 Å². The molecule has 0 heterocycles. The van der Waals surface area contributed by atoms with E-state index < -0.39 is 73.0 Å². The van der Waals surface area contributed by atoms with Crippen molar-refractivity contribution in [2.75, 3.05) is 5.32 Å². The first-order chi connectivity index (χ1) is 14.9. The molecule has 6 nitrogen and oxygen atoms in total. The van der Waals surface area contributed by atoms with Crippen molar-refractivity contribution >= 4 is 33.2 Å². The Bertz CT molecular complexity index is 1170. The minimum Gasteiger partial charge on any atom is -0.373 e. The summed E-state index contributed by atoms with van der Waals surface area (Å²) >= 11 is 5.81. The molecule has 0 aliphatic carbocycles. The second-order valence-electron chi connectivity index (χ2n) is 6.79. The van der Waals surface area contributed by atoms with Crippen molar-refractivity contribution in [1.82, 2.24) is 4.72 Å². The zero-order valence-electron chi connectivity index (χ0n) is 16.3. The lowest BCUT2D eigenvalue weighted by Gasteiger charge is -2.25. The number of amides is 1. The number of benzene rings is 2. The molecule has 0 radical (unpaired) electrons. The Hall–Kier alpha value is -2.42. The van der Waals surface area contributed by atoms with Gasteiger partial charge in [0, 0.05) is 12.1 Å². The van der Waals surface area contributed by atoms with Crippen LogP contribution in [0, 0.1) is 5.82 Å². The number of aliphatic hydroxyl groups is 1. The number of carbonyl (C=O) groups excluding carboxylic acids is 1. The molecule has 1 atom stereocenters. The standard InChI is InChI=1S/C18H14ClF7N2O4S/c1-16(30,18(24,25)26)15(29)28-14-5-4-11(7-12(14)19)33(31,32)27-8-9-2-3-10(6-13(9)20)17(21,22)23/h2-7,27,30H,8H2,1H3,(H,28,29)/t16-/m1/s1. The summed E-state index contributed by atoms with van der Waals surface area (Å²) in [4.78, 5) is 11.2. The molecule has 0 spiro atoms. The summed E-state index contributed by atoms with van der Waals surface area (Å²) in [6, 6.07) is 3.96. The molecular formula is C18H14ClF7N2O4S. The Morgan fingerprint density at radius 2 is 1.67 bits per heavy atom. The fourth-order valence-electron chi connectivity index (χ4n) is 2.26. The predicted molar refractivity (Wildman–Crippen MR) is 102 cm³/mol. The summed E-state index contributed by atoms with van der Waals surface area (Å²) in [5.41, 5.74) is -5.86. The van der Waals surface area contributed by atoms with Gasteiger partial charge in [-0.25, -0.2) is 17.5 Å². The Labute approximate surface area is 187 Å². The molecule has 182 valence electrons. The molecule has 0 aliphatic heterocycles. The van der Waals surface area contributed by atoms with Crippen LogP contribution in [0.2, 0.25) is 5.02 Å². The van der Waals surface area contributed by atoms with Gasteiger partial charge in [-0.15, -0.1) is 0 Å². The molecule has 0 saturated carbocycles. The fraction of sp³-hybridized carbons (Fsp3) is 0.278. The van der Waals surface area contributed by atoms with E-state index in [0.29, 0.717) is 6.07 Å². The Balaban J connectivity index is 2.18. The number of halogens is 8.